The zero-order valence-electron chi connectivity index (χ0n) is 9.46. The quantitative estimate of drug-likeness (QED) is 0.814. The predicted molar refractivity (Wildman–Crippen MR) is 65.0 cm³/mol. The molecule has 0 amide bonds. The summed E-state index contributed by atoms with van der Waals surface area (Å²) in [4.78, 5) is 0. The van der Waals surface area contributed by atoms with E-state index in [4.69, 9.17) is 5.73 Å². The van der Waals surface area contributed by atoms with E-state index in [0.717, 1.165) is 19.4 Å². The summed E-state index contributed by atoms with van der Waals surface area (Å²) in [6, 6.07) is 6.49. The van der Waals surface area contributed by atoms with Gasteiger partial charge in [0, 0.05) is 18.6 Å². The number of nitrogens with two attached hydrogens (primary N) is 1. The summed E-state index contributed by atoms with van der Waals surface area (Å²) in [6.07, 6.45) is 4.37. The highest BCUT2D eigenvalue weighted by Gasteiger charge is 2.07. The Kier molecular flexibility index (Phi) is 2.78. The van der Waals surface area contributed by atoms with E-state index in [-0.39, 0.29) is 0 Å². The van der Waals surface area contributed by atoms with Gasteiger partial charge < -0.3 is 10.3 Å². The molecule has 0 unspecified atom stereocenters. The molecule has 0 fully saturated rings. The maximum absolute atomic E-state index is 5.55. The smallest absolute Gasteiger partial charge is 0.0510 e. The minimum absolute atomic E-state index is 0.766. The summed E-state index contributed by atoms with van der Waals surface area (Å²) in [5.74, 6) is 0. The molecule has 0 atom stereocenters. The van der Waals surface area contributed by atoms with Gasteiger partial charge in [0.2, 0.25) is 0 Å². The van der Waals surface area contributed by atoms with Crippen LogP contribution in [0.3, 0.4) is 0 Å². The number of benzene rings is 1. The molecule has 0 bridgehead atoms. The Hall–Kier alpha value is -1.28. The number of nitrogens with zero attached hydrogens (tertiary/aromatic N) is 1. The molecular formula is C13H18N2. The van der Waals surface area contributed by atoms with Crippen LogP contribution in [0.2, 0.25) is 0 Å². The van der Waals surface area contributed by atoms with Crippen LogP contribution in [0, 0.1) is 6.92 Å². The van der Waals surface area contributed by atoms with Crippen molar-refractivity contribution in [1.82, 2.24) is 4.57 Å². The van der Waals surface area contributed by atoms with E-state index in [1.165, 1.54) is 22.0 Å². The fourth-order valence-electron chi connectivity index (χ4n) is 2.25. The van der Waals surface area contributed by atoms with E-state index in [1.807, 2.05) is 0 Å². The first kappa shape index (κ1) is 10.2. The lowest BCUT2D eigenvalue weighted by atomic mass is 10.1. The highest BCUT2D eigenvalue weighted by atomic mass is 14.9. The van der Waals surface area contributed by atoms with Crippen molar-refractivity contribution in [2.24, 2.45) is 12.8 Å². The normalized spacial score (nSPS) is 11.1. The minimum Gasteiger partial charge on any atom is -0.350 e. The van der Waals surface area contributed by atoms with E-state index in [1.54, 1.807) is 0 Å². The Bertz CT molecular complexity index is 469. The highest BCUT2D eigenvalue weighted by Crippen LogP contribution is 2.24. The summed E-state index contributed by atoms with van der Waals surface area (Å²) < 4.78 is 2.22. The number of fused-ring (bicyclic) bond motifs is 1. The van der Waals surface area contributed by atoms with Gasteiger partial charge in [0.05, 0.1) is 5.52 Å². The molecule has 1 aromatic heterocycles. The molecular weight excluding hydrogens is 184 g/mol. The maximum atomic E-state index is 5.55. The van der Waals surface area contributed by atoms with E-state index < -0.39 is 0 Å². The van der Waals surface area contributed by atoms with Crippen molar-refractivity contribution >= 4 is 10.9 Å². The van der Waals surface area contributed by atoms with Gasteiger partial charge in [0.25, 0.3) is 0 Å². The van der Waals surface area contributed by atoms with Crippen molar-refractivity contribution in [3.8, 4) is 0 Å². The SMILES string of the molecule is Cc1cccc2c(CCCN)cn(C)c12. The molecule has 0 radical (unpaired) electrons. The Morgan fingerprint density at radius 3 is 2.87 bits per heavy atom. The van der Waals surface area contributed by atoms with Crippen LogP contribution < -0.4 is 5.73 Å². The van der Waals surface area contributed by atoms with Crippen molar-refractivity contribution in [3.05, 3.63) is 35.5 Å². The second-order valence-electron chi connectivity index (χ2n) is 4.13. The second kappa shape index (κ2) is 4.07. The van der Waals surface area contributed by atoms with Crippen LogP contribution in [0.1, 0.15) is 17.5 Å². The fraction of sp³-hybridized carbons (Fsp3) is 0.385. The average molecular weight is 202 g/mol. The zero-order chi connectivity index (χ0) is 10.8. The van der Waals surface area contributed by atoms with Gasteiger partial charge in [0.15, 0.2) is 0 Å². The monoisotopic (exact) mass is 202 g/mol. The molecule has 1 heterocycles. The molecule has 0 saturated heterocycles. The van der Waals surface area contributed by atoms with E-state index in [9.17, 15) is 0 Å². The van der Waals surface area contributed by atoms with Crippen molar-refractivity contribution < 1.29 is 0 Å². The third-order valence-corrected chi connectivity index (χ3v) is 2.94. The maximum Gasteiger partial charge on any atom is 0.0510 e. The number of para-hydroxylation sites is 1. The number of aryl methyl sites for hydroxylation is 3. The summed E-state index contributed by atoms with van der Waals surface area (Å²) in [7, 11) is 2.11. The molecule has 0 aliphatic rings. The van der Waals surface area contributed by atoms with Gasteiger partial charge in [-0.3, -0.25) is 0 Å². The molecule has 2 heteroatoms. The standard InChI is InChI=1S/C13H18N2/c1-10-5-3-7-12-11(6-4-8-14)9-15(2)13(10)12/h3,5,7,9H,4,6,8,14H2,1-2H3. The van der Waals surface area contributed by atoms with Gasteiger partial charge in [-0.25, -0.2) is 0 Å². The molecule has 1 aromatic carbocycles. The largest absolute Gasteiger partial charge is 0.350 e. The van der Waals surface area contributed by atoms with Crippen LogP contribution in [0.25, 0.3) is 10.9 Å². The van der Waals surface area contributed by atoms with Crippen molar-refractivity contribution in [1.29, 1.82) is 0 Å². The average Bonchev–Trinajstić information content (AvgIpc) is 2.54. The van der Waals surface area contributed by atoms with E-state index >= 15 is 0 Å². The Labute approximate surface area is 90.7 Å². The molecule has 80 valence electrons. The second-order valence-corrected chi connectivity index (χ2v) is 4.13. The van der Waals surface area contributed by atoms with Crippen molar-refractivity contribution in [3.63, 3.8) is 0 Å². The first-order chi connectivity index (χ1) is 7.24. The summed E-state index contributed by atoms with van der Waals surface area (Å²) in [5.41, 5.74) is 9.66. The molecule has 0 saturated carbocycles. The van der Waals surface area contributed by atoms with E-state index in [2.05, 4.69) is 42.9 Å². The number of hydrogen-bond donors (Lipinski definition) is 1. The van der Waals surface area contributed by atoms with Crippen LogP contribution in [0.5, 0.6) is 0 Å². The minimum atomic E-state index is 0.766. The van der Waals surface area contributed by atoms with Crippen LogP contribution in [0.4, 0.5) is 0 Å². The topological polar surface area (TPSA) is 30.9 Å². The van der Waals surface area contributed by atoms with Crippen LogP contribution in [0.15, 0.2) is 24.4 Å². The Balaban J connectivity index is 2.53. The number of hydrogen-bond acceptors (Lipinski definition) is 1. The Morgan fingerprint density at radius 1 is 1.33 bits per heavy atom. The first-order valence-electron chi connectivity index (χ1n) is 5.47. The fourth-order valence-corrected chi connectivity index (χ4v) is 2.25. The molecule has 0 aliphatic heterocycles. The van der Waals surface area contributed by atoms with Crippen LogP contribution in [-0.2, 0) is 13.5 Å². The van der Waals surface area contributed by atoms with Crippen molar-refractivity contribution in [2.45, 2.75) is 19.8 Å². The number of rotatable bonds is 3. The van der Waals surface area contributed by atoms with Crippen LogP contribution in [-0.4, -0.2) is 11.1 Å². The molecule has 2 nitrogen and oxygen atoms in total. The molecule has 15 heavy (non-hydrogen) atoms. The van der Waals surface area contributed by atoms with Gasteiger partial charge in [-0.2, -0.15) is 0 Å². The zero-order valence-corrected chi connectivity index (χ0v) is 9.46. The van der Waals surface area contributed by atoms with Gasteiger partial charge in [-0.05, 0) is 37.4 Å². The summed E-state index contributed by atoms with van der Waals surface area (Å²) >= 11 is 0. The number of aromatic nitrogens is 1. The third-order valence-electron chi connectivity index (χ3n) is 2.94. The molecule has 0 spiro atoms. The van der Waals surface area contributed by atoms with Crippen LogP contribution >= 0.6 is 0 Å². The molecule has 0 aliphatic carbocycles. The van der Waals surface area contributed by atoms with Gasteiger partial charge >= 0.3 is 0 Å². The first-order valence-corrected chi connectivity index (χ1v) is 5.47. The molecule has 2 rings (SSSR count). The predicted octanol–water partition coefficient (Wildman–Crippen LogP) is 2.38. The van der Waals surface area contributed by atoms with E-state index in [0.29, 0.717) is 0 Å². The third kappa shape index (κ3) is 1.77. The summed E-state index contributed by atoms with van der Waals surface area (Å²) in [5, 5.41) is 1.38. The highest BCUT2D eigenvalue weighted by molar-refractivity contribution is 5.86. The van der Waals surface area contributed by atoms with Crippen molar-refractivity contribution in [2.75, 3.05) is 6.54 Å². The van der Waals surface area contributed by atoms with Gasteiger partial charge in [-0.15, -0.1) is 0 Å². The lowest BCUT2D eigenvalue weighted by Gasteiger charge is -2.00. The molecule has 2 N–H and O–H groups in total. The Morgan fingerprint density at radius 2 is 2.13 bits per heavy atom. The van der Waals surface area contributed by atoms with Gasteiger partial charge in [0.1, 0.15) is 0 Å². The molecule has 2 aromatic rings. The summed E-state index contributed by atoms with van der Waals surface area (Å²) in [6.45, 7) is 2.93. The lowest BCUT2D eigenvalue weighted by Crippen LogP contribution is -1.99. The lowest BCUT2D eigenvalue weighted by molar-refractivity contribution is 0.830. The van der Waals surface area contributed by atoms with Gasteiger partial charge in [-0.1, -0.05) is 18.2 Å².